The number of thioether (sulfide) groups is 1. The Morgan fingerprint density at radius 3 is 2.63 bits per heavy atom. The Labute approximate surface area is 169 Å². The molecule has 4 nitrogen and oxygen atoms in total. The lowest BCUT2D eigenvalue weighted by atomic mass is 10.00. The van der Waals surface area contributed by atoms with Crippen molar-refractivity contribution in [2.45, 2.75) is 53.9 Å². The molecule has 1 rings (SSSR count). The van der Waals surface area contributed by atoms with Crippen molar-refractivity contribution in [3.8, 4) is 0 Å². The van der Waals surface area contributed by atoms with E-state index < -0.39 is 0 Å². The van der Waals surface area contributed by atoms with Crippen LogP contribution in [0, 0.1) is 5.92 Å². The molecule has 0 spiro atoms. The quantitative estimate of drug-likeness (QED) is 0.232. The Morgan fingerprint density at radius 1 is 1.22 bits per heavy atom. The minimum Gasteiger partial charge on any atom is -0.271 e. The van der Waals surface area contributed by atoms with Crippen molar-refractivity contribution in [3.63, 3.8) is 0 Å². The number of allylic oxidation sites excluding steroid dienone is 3. The molecule has 0 amide bonds. The maximum absolute atomic E-state index is 4.48. The Morgan fingerprint density at radius 2 is 2.04 bits per heavy atom. The summed E-state index contributed by atoms with van der Waals surface area (Å²) in [5, 5.41) is 4.33. The number of rotatable bonds is 11. The van der Waals surface area contributed by atoms with E-state index in [0.29, 0.717) is 12.3 Å². The predicted octanol–water partition coefficient (Wildman–Crippen LogP) is 5.64. The van der Waals surface area contributed by atoms with Crippen LogP contribution >= 0.6 is 11.8 Å². The minimum atomic E-state index is 0.610. The van der Waals surface area contributed by atoms with Crippen molar-refractivity contribution in [2.75, 3.05) is 12.3 Å². The normalized spacial score (nSPS) is 13.6. The molecule has 1 aromatic rings. The zero-order chi connectivity index (χ0) is 19.9. The average molecular weight is 387 g/mol. The molecule has 0 aliphatic rings. The molecule has 0 radical (unpaired) electrons. The molecule has 1 heterocycles. The topological polar surface area (TPSA) is 49.6 Å². The molecule has 5 heteroatoms. The van der Waals surface area contributed by atoms with E-state index in [1.807, 2.05) is 30.8 Å². The number of aromatic nitrogens is 1. The first kappa shape index (κ1) is 23.2. The first-order chi connectivity index (χ1) is 13.1. The third-order valence-corrected chi connectivity index (χ3v) is 4.96. The van der Waals surface area contributed by atoms with Gasteiger partial charge in [-0.15, -0.1) is 11.8 Å². The Balaban J connectivity index is 2.52. The number of aliphatic imine (C=N–C) groups is 1. The van der Waals surface area contributed by atoms with Crippen molar-refractivity contribution in [3.05, 3.63) is 53.4 Å². The SMILES string of the molecule is CCN=C(Cc1cccnc1)N/N=C/SC/C(=C/C=C(\CC)C(C)C)CC. The molecular formula is C22H34N4S. The standard InChI is InChI=1S/C22H34N4S/c1-6-19(11-12-21(7-2)18(4)5)16-27-17-25-26-22(24-8-3)14-20-10-9-13-23-15-20/h9-13,15,17-18H,6-8,14,16H2,1-5H3,(H,24,26)/b19-11+,21-12+,25-17+. The third kappa shape index (κ3) is 10.1. The van der Waals surface area contributed by atoms with E-state index in [2.05, 4.69) is 60.4 Å². The smallest absolute Gasteiger partial charge is 0.121 e. The van der Waals surface area contributed by atoms with Crippen molar-refractivity contribution >= 4 is 23.1 Å². The highest BCUT2D eigenvalue weighted by Gasteiger charge is 2.01. The van der Waals surface area contributed by atoms with Gasteiger partial charge in [0.2, 0.25) is 0 Å². The maximum atomic E-state index is 4.48. The van der Waals surface area contributed by atoms with Crippen molar-refractivity contribution in [1.29, 1.82) is 0 Å². The summed E-state index contributed by atoms with van der Waals surface area (Å²) < 4.78 is 0. The Kier molecular flexibility index (Phi) is 12.2. The molecule has 0 atom stereocenters. The lowest BCUT2D eigenvalue weighted by Crippen LogP contribution is -2.20. The van der Waals surface area contributed by atoms with Gasteiger partial charge in [-0.3, -0.25) is 15.4 Å². The summed E-state index contributed by atoms with van der Waals surface area (Å²) in [6.07, 6.45) is 11.1. The van der Waals surface area contributed by atoms with Gasteiger partial charge < -0.3 is 0 Å². The van der Waals surface area contributed by atoms with Gasteiger partial charge in [-0.05, 0) is 37.3 Å². The second-order valence-electron chi connectivity index (χ2n) is 6.54. The van der Waals surface area contributed by atoms with Crippen LogP contribution in [-0.4, -0.2) is 28.7 Å². The number of hydrogen-bond donors (Lipinski definition) is 1. The van der Waals surface area contributed by atoms with Gasteiger partial charge in [-0.25, -0.2) is 0 Å². The summed E-state index contributed by atoms with van der Waals surface area (Å²) >= 11 is 1.70. The Hall–Kier alpha value is -1.88. The van der Waals surface area contributed by atoms with E-state index in [0.717, 1.165) is 36.5 Å². The highest BCUT2D eigenvalue weighted by molar-refractivity contribution is 8.12. The molecule has 0 unspecified atom stereocenters. The lowest BCUT2D eigenvalue weighted by molar-refractivity contribution is 0.732. The number of hydrazone groups is 1. The van der Waals surface area contributed by atoms with Crippen LogP contribution in [0.5, 0.6) is 0 Å². The van der Waals surface area contributed by atoms with Crippen molar-refractivity contribution in [2.24, 2.45) is 16.0 Å². The fraction of sp³-hybridized carbons (Fsp3) is 0.500. The van der Waals surface area contributed by atoms with E-state index in [1.54, 1.807) is 18.0 Å². The number of hydrogen-bond acceptors (Lipinski definition) is 4. The van der Waals surface area contributed by atoms with E-state index >= 15 is 0 Å². The van der Waals surface area contributed by atoms with E-state index in [-0.39, 0.29) is 0 Å². The average Bonchev–Trinajstić information content (AvgIpc) is 2.67. The van der Waals surface area contributed by atoms with Gasteiger partial charge in [0.1, 0.15) is 5.84 Å². The molecule has 0 saturated carbocycles. The van der Waals surface area contributed by atoms with Crippen LogP contribution in [0.4, 0.5) is 0 Å². The number of nitrogens with one attached hydrogen (secondary N) is 1. The van der Waals surface area contributed by atoms with Crippen LogP contribution in [-0.2, 0) is 6.42 Å². The second-order valence-corrected chi connectivity index (χ2v) is 7.38. The van der Waals surface area contributed by atoms with Gasteiger partial charge in [0.25, 0.3) is 0 Å². The fourth-order valence-corrected chi connectivity index (χ4v) is 3.23. The zero-order valence-corrected chi connectivity index (χ0v) is 18.2. The molecule has 0 aliphatic carbocycles. The van der Waals surface area contributed by atoms with Crippen LogP contribution in [0.3, 0.4) is 0 Å². The molecule has 0 saturated heterocycles. The summed E-state index contributed by atoms with van der Waals surface area (Å²) in [6.45, 7) is 11.7. The molecule has 148 valence electrons. The number of amidine groups is 1. The maximum Gasteiger partial charge on any atom is 0.121 e. The second kappa shape index (κ2) is 14.2. The highest BCUT2D eigenvalue weighted by Crippen LogP contribution is 2.16. The van der Waals surface area contributed by atoms with Crippen molar-refractivity contribution in [1.82, 2.24) is 10.4 Å². The number of nitrogens with zero attached hydrogens (tertiary/aromatic N) is 3. The van der Waals surface area contributed by atoms with Crippen LogP contribution in [0.15, 0.2) is 57.9 Å². The zero-order valence-electron chi connectivity index (χ0n) is 17.4. The summed E-state index contributed by atoms with van der Waals surface area (Å²) in [6, 6.07) is 3.99. The molecular weight excluding hydrogens is 352 g/mol. The predicted molar refractivity (Wildman–Crippen MR) is 122 cm³/mol. The molecule has 1 aromatic heterocycles. The summed E-state index contributed by atoms with van der Waals surface area (Å²) in [7, 11) is 0. The lowest BCUT2D eigenvalue weighted by Gasteiger charge is -2.08. The first-order valence-corrected chi connectivity index (χ1v) is 10.8. The van der Waals surface area contributed by atoms with Crippen LogP contribution in [0.2, 0.25) is 0 Å². The molecule has 0 aromatic carbocycles. The molecule has 0 fully saturated rings. The van der Waals surface area contributed by atoms with Gasteiger partial charge in [-0.1, -0.05) is 57.1 Å². The summed E-state index contributed by atoms with van der Waals surface area (Å²) in [5.41, 5.74) is 8.99. The number of pyridine rings is 1. The summed E-state index contributed by atoms with van der Waals surface area (Å²) in [4.78, 5) is 8.63. The molecule has 0 aliphatic heterocycles. The third-order valence-electron chi connectivity index (χ3n) is 4.17. The van der Waals surface area contributed by atoms with Crippen LogP contribution < -0.4 is 5.43 Å². The van der Waals surface area contributed by atoms with E-state index in [4.69, 9.17) is 0 Å². The first-order valence-electron chi connectivity index (χ1n) is 9.80. The molecule has 0 bridgehead atoms. The largest absolute Gasteiger partial charge is 0.271 e. The van der Waals surface area contributed by atoms with E-state index in [9.17, 15) is 0 Å². The van der Waals surface area contributed by atoms with Gasteiger partial charge in [-0.2, -0.15) is 5.10 Å². The molecule has 27 heavy (non-hydrogen) atoms. The van der Waals surface area contributed by atoms with Gasteiger partial charge in [0.15, 0.2) is 0 Å². The van der Waals surface area contributed by atoms with Crippen LogP contribution in [0.1, 0.15) is 53.0 Å². The van der Waals surface area contributed by atoms with E-state index in [1.165, 1.54) is 11.1 Å². The summed E-state index contributed by atoms with van der Waals surface area (Å²) in [5.74, 6) is 2.43. The van der Waals surface area contributed by atoms with Gasteiger partial charge in [0, 0.05) is 31.1 Å². The van der Waals surface area contributed by atoms with Crippen molar-refractivity contribution < 1.29 is 0 Å². The van der Waals surface area contributed by atoms with Gasteiger partial charge >= 0.3 is 0 Å². The van der Waals surface area contributed by atoms with Gasteiger partial charge in [0.05, 0.1) is 5.55 Å². The minimum absolute atomic E-state index is 0.610. The highest BCUT2D eigenvalue weighted by atomic mass is 32.2. The Bertz CT molecular complexity index is 646. The monoisotopic (exact) mass is 386 g/mol. The fourth-order valence-electron chi connectivity index (χ4n) is 2.51. The molecule has 1 N–H and O–H groups in total. The van der Waals surface area contributed by atoms with Crippen LogP contribution in [0.25, 0.3) is 0 Å².